The summed E-state index contributed by atoms with van der Waals surface area (Å²) in [6.45, 7) is 0. The van der Waals surface area contributed by atoms with Crippen molar-refractivity contribution in [3.63, 3.8) is 0 Å². The van der Waals surface area contributed by atoms with Crippen molar-refractivity contribution in [3.8, 4) is 0 Å². The van der Waals surface area contributed by atoms with Crippen LogP contribution in [0.5, 0.6) is 0 Å². The summed E-state index contributed by atoms with van der Waals surface area (Å²) >= 11 is 2.58. The Labute approximate surface area is 92.1 Å². The summed E-state index contributed by atoms with van der Waals surface area (Å²) < 4.78 is 0.815. The lowest BCUT2D eigenvalue weighted by molar-refractivity contribution is 0.699. The highest BCUT2D eigenvalue weighted by atomic mass is 127. The molecule has 1 heterocycles. The van der Waals surface area contributed by atoms with Crippen LogP contribution in [0.3, 0.4) is 0 Å². The van der Waals surface area contributed by atoms with Crippen molar-refractivity contribution in [3.05, 3.63) is 29.8 Å². The summed E-state index contributed by atoms with van der Waals surface area (Å²) in [6, 6.07) is 9.47. The SMILES string of the molecule is IC1CCC2c3ccccc3NC12. The number of halogens is 1. The molecule has 13 heavy (non-hydrogen) atoms. The van der Waals surface area contributed by atoms with Gasteiger partial charge in [0.15, 0.2) is 0 Å². The molecule has 3 rings (SSSR count). The summed E-state index contributed by atoms with van der Waals surface area (Å²) in [5.74, 6) is 0.790. The normalized spacial score (nSPS) is 35.3. The van der Waals surface area contributed by atoms with Gasteiger partial charge in [0, 0.05) is 21.6 Å². The second kappa shape index (κ2) is 2.87. The van der Waals surface area contributed by atoms with E-state index in [1.807, 2.05) is 0 Å². The van der Waals surface area contributed by atoms with E-state index in [4.69, 9.17) is 0 Å². The highest BCUT2D eigenvalue weighted by molar-refractivity contribution is 14.1. The van der Waals surface area contributed by atoms with E-state index in [1.54, 1.807) is 5.56 Å². The fourth-order valence-corrected chi connectivity index (χ4v) is 3.66. The molecule has 1 nitrogen and oxygen atoms in total. The lowest BCUT2D eigenvalue weighted by Gasteiger charge is -2.13. The highest BCUT2D eigenvalue weighted by Gasteiger charge is 2.40. The van der Waals surface area contributed by atoms with Crippen molar-refractivity contribution in [2.45, 2.75) is 28.7 Å². The van der Waals surface area contributed by atoms with Gasteiger partial charge in [0.2, 0.25) is 0 Å². The molecule has 1 aliphatic heterocycles. The van der Waals surface area contributed by atoms with E-state index in [-0.39, 0.29) is 0 Å². The van der Waals surface area contributed by atoms with E-state index in [9.17, 15) is 0 Å². The number of hydrogen-bond acceptors (Lipinski definition) is 1. The number of hydrogen-bond donors (Lipinski definition) is 1. The molecule has 0 radical (unpaired) electrons. The number of fused-ring (bicyclic) bond motifs is 3. The molecule has 0 bridgehead atoms. The van der Waals surface area contributed by atoms with Crippen molar-refractivity contribution in [2.24, 2.45) is 0 Å². The van der Waals surface area contributed by atoms with Gasteiger partial charge in [0.25, 0.3) is 0 Å². The predicted octanol–water partition coefficient (Wildman–Crippen LogP) is 3.16. The van der Waals surface area contributed by atoms with Gasteiger partial charge in [-0.3, -0.25) is 0 Å². The summed E-state index contributed by atoms with van der Waals surface area (Å²) in [6.07, 6.45) is 2.74. The molecule has 2 aliphatic rings. The van der Waals surface area contributed by atoms with Crippen molar-refractivity contribution in [2.75, 3.05) is 5.32 Å². The minimum atomic E-state index is 0.706. The van der Waals surface area contributed by atoms with Gasteiger partial charge in [-0.2, -0.15) is 0 Å². The monoisotopic (exact) mass is 285 g/mol. The predicted molar refractivity (Wildman–Crippen MR) is 63.6 cm³/mol. The van der Waals surface area contributed by atoms with E-state index in [1.165, 1.54) is 18.5 Å². The summed E-state index contributed by atoms with van der Waals surface area (Å²) in [5, 5.41) is 3.64. The van der Waals surface area contributed by atoms with Crippen LogP contribution in [0.25, 0.3) is 0 Å². The highest BCUT2D eigenvalue weighted by Crippen LogP contribution is 2.47. The maximum atomic E-state index is 3.64. The fraction of sp³-hybridized carbons (Fsp3) is 0.455. The summed E-state index contributed by atoms with van der Waals surface area (Å²) in [5.41, 5.74) is 2.92. The maximum absolute atomic E-state index is 3.64. The number of rotatable bonds is 0. The average Bonchev–Trinajstić information content (AvgIpc) is 2.67. The van der Waals surface area contributed by atoms with Gasteiger partial charge >= 0.3 is 0 Å². The quantitative estimate of drug-likeness (QED) is 0.570. The van der Waals surface area contributed by atoms with Gasteiger partial charge in [0.1, 0.15) is 0 Å². The Morgan fingerprint density at radius 1 is 1.23 bits per heavy atom. The second-order valence-electron chi connectivity index (χ2n) is 3.96. The van der Waals surface area contributed by atoms with Crippen molar-refractivity contribution >= 4 is 28.3 Å². The number of nitrogens with one attached hydrogen (secondary N) is 1. The van der Waals surface area contributed by atoms with E-state index in [0.29, 0.717) is 6.04 Å². The van der Waals surface area contributed by atoms with Gasteiger partial charge in [-0.25, -0.2) is 0 Å². The Balaban J connectivity index is 2.05. The van der Waals surface area contributed by atoms with Crippen LogP contribution in [-0.2, 0) is 0 Å². The molecule has 1 aromatic carbocycles. The summed E-state index contributed by atoms with van der Waals surface area (Å²) in [4.78, 5) is 0. The van der Waals surface area contributed by atoms with Crippen molar-refractivity contribution in [1.82, 2.24) is 0 Å². The topological polar surface area (TPSA) is 12.0 Å². The molecule has 3 unspecified atom stereocenters. The standard InChI is InChI=1S/C11H12IN/c12-9-6-5-8-7-3-1-2-4-10(7)13-11(8)9/h1-4,8-9,11,13H,5-6H2. The lowest BCUT2D eigenvalue weighted by atomic mass is 9.98. The molecule has 2 heteroatoms. The van der Waals surface area contributed by atoms with Crippen LogP contribution >= 0.6 is 22.6 Å². The molecule has 0 amide bonds. The Morgan fingerprint density at radius 3 is 3.00 bits per heavy atom. The molecule has 3 atom stereocenters. The Morgan fingerprint density at radius 2 is 2.08 bits per heavy atom. The van der Waals surface area contributed by atoms with Gasteiger partial charge in [-0.05, 0) is 24.5 Å². The molecule has 1 aromatic rings. The molecule has 0 spiro atoms. The molecule has 68 valence electrons. The largest absolute Gasteiger partial charge is 0.380 e. The first-order valence-corrected chi connectivity index (χ1v) is 6.10. The Bertz CT molecular complexity index is 337. The Hall–Kier alpha value is -0.250. The van der Waals surface area contributed by atoms with Crippen LogP contribution in [0.1, 0.15) is 24.3 Å². The molecule has 1 saturated carbocycles. The maximum Gasteiger partial charge on any atom is 0.0448 e. The first-order chi connectivity index (χ1) is 6.36. The zero-order chi connectivity index (χ0) is 8.84. The molecule has 1 fully saturated rings. The lowest BCUT2D eigenvalue weighted by Crippen LogP contribution is -2.23. The zero-order valence-corrected chi connectivity index (χ0v) is 9.49. The van der Waals surface area contributed by atoms with Crippen LogP contribution in [0.2, 0.25) is 0 Å². The smallest absolute Gasteiger partial charge is 0.0448 e. The first kappa shape index (κ1) is 8.09. The molecule has 1 N–H and O–H groups in total. The fourth-order valence-electron chi connectivity index (χ4n) is 2.62. The average molecular weight is 285 g/mol. The molecule has 1 aliphatic carbocycles. The second-order valence-corrected chi connectivity index (χ2v) is 5.56. The van der Waals surface area contributed by atoms with Crippen LogP contribution in [-0.4, -0.2) is 9.97 Å². The van der Waals surface area contributed by atoms with Gasteiger partial charge < -0.3 is 5.32 Å². The van der Waals surface area contributed by atoms with Crippen LogP contribution in [0.4, 0.5) is 5.69 Å². The first-order valence-electron chi connectivity index (χ1n) is 4.86. The van der Waals surface area contributed by atoms with Gasteiger partial charge in [0.05, 0.1) is 0 Å². The third-order valence-electron chi connectivity index (χ3n) is 3.26. The third-order valence-corrected chi connectivity index (χ3v) is 4.66. The molecule has 0 aromatic heterocycles. The third kappa shape index (κ3) is 1.11. The van der Waals surface area contributed by atoms with E-state index in [0.717, 1.165) is 9.84 Å². The van der Waals surface area contributed by atoms with E-state index in [2.05, 4.69) is 52.2 Å². The van der Waals surface area contributed by atoms with Gasteiger partial charge in [-0.1, -0.05) is 40.8 Å². The zero-order valence-electron chi connectivity index (χ0n) is 7.33. The van der Waals surface area contributed by atoms with E-state index < -0.39 is 0 Å². The van der Waals surface area contributed by atoms with Gasteiger partial charge in [-0.15, -0.1) is 0 Å². The van der Waals surface area contributed by atoms with Crippen molar-refractivity contribution in [1.29, 1.82) is 0 Å². The minimum Gasteiger partial charge on any atom is -0.380 e. The van der Waals surface area contributed by atoms with Crippen LogP contribution in [0.15, 0.2) is 24.3 Å². The van der Waals surface area contributed by atoms with Crippen LogP contribution in [0, 0.1) is 0 Å². The van der Waals surface area contributed by atoms with Crippen molar-refractivity contribution < 1.29 is 0 Å². The number of anilines is 1. The number of para-hydroxylation sites is 1. The van der Waals surface area contributed by atoms with E-state index >= 15 is 0 Å². The summed E-state index contributed by atoms with van der Waals surface area (Å²) in [7, 11) is 0. The van der Waals surface area contributed by atoms with Crippen LogP contribution < -0.4 is 5.32 Å². The number of alkyl halides is 1. The molecular weight excluding hydrogens is 273 g/mol. The Kier molecular flexibility index (Phi) is 1.79. The number of benzene rings is 1. The minimum absolute atomic E-state index is 0.706. The molecular formula is C11H12IN. The molecule has 0 saturated heterocycles.